The summed E-state index contributed by atoms with van der Waals surface area (Å²) < 4.78 is 23.0. The van der Waals surface area contributed by atoms with Crippen LogP contribution in [0.2, 0.25) is 0 Å². The van der Waals surface area contributed by atoms with Crippen molar-refractivity contribution in [3.63, 3.8) is 0 Å². The van der Waals surface area contributed by atoms with E-state index in [9.17, 15) is 0 Å². The van der Waals surface area contributed by atoms with Crippen LogP contribution in [0.3, 0.4) is 0 Å². The summed E-state index contributed by atoms with van der Waals surface area (Å²) in [4.78, 5) is 0. The Hall–Kier alpha value is -2.76. The first-order valence-electron chi connectivity index (χ1n) is 9.61. The van der Waals surface area contributed by atoms with Gasteiger partial charge in [0.05, 0.1) is 45.8 Å². The van der Waals surface area contributed by atoms with Gasteiger partial charge in [0.15, 0.2) is 5.82 Å². The van der Waals surface area contributed by atoms with E-state index in [-0.39, 0.29) is 12.2 Å². The Morgan fingerprint density at radius 2 is 1.69 bits per heavy atom. The fourth-order valence-corrected chi connectivity index (χ4v) is 3.26. The van der Waals surface area contributed by atoms with Crippen LogP contribution < -0.4 is 15.8 Å². The Kier molecular flexibility index (Phi) is 6.49. The van der Waals surface area contributed by atoms with E-state index in [2.05, 4.69) is 21.4 Å². The molecule has 2 aromatic rings. The van der Waals surface area contributed by atoms with Gasteiger partial charge in [0.1, 0.15) is 12.2 Å². The second-order valence-corrected chi connectivity index (χ2v) is 6.64. The molecule has 150 valence electrons. The monoisotopic (exact) mass is 393 g/mol. The first-order valence-corrected chi connectivity index (χ1v) is 9.61. The van der Waals surface area contributed by atoms with Crippen molar-refractivity contribution in [2.45, 2.75) is 12.2 Å². The molecule has 1 aromatic heterocycles. The topological polar surface area (TPSA) is 74.7 Å². The van der Waals surface area contributed by atoms with E-state index in [1.165, 1.54) is 0 Å². The zero-order valence-electron chi connectivity index (χ0n) is 16.0. The minimum atomic E-state index is -0.257. The summed E-state index contributed by atoms with van der Waals surface area (Å²) in [5.74, 6) is 3.28. The van der Waals surface area contributed by atoms with Gasteiger partial charge in [0.25, 0.3) is 0 Å². The van der Waals surface area contributed by atoms with Crippen molar-refractivity contribution in [3.8, 4) is 12.3 Å². The summed E-state index contributed by atoms with van der Waals surface area (Å²) in [6.45, 7) is 3.08. The number of terminal acetylenes is 1. The Morgan fingerprint density at radius 3 is 2.45 bits per heavy atom. The second-order valence-electron chi connectivity index (χ2n) is 6.64. The van der Waals surface area contributed by atoms with Crippen molar-refractivity contribution in [1.82, 2.24) is 10.2 Å². The fourth-order valence-electron chi connectivity index (χ4n) is 3.26. The molecule has 2 unspecified atom stereocenters. The van der Waals surface area contributed by atoms with Crippen LogP contribution in [0.15, 0.2) is 30.5 Å². The van der Waals surface area contributed by atoms with Gasteiger partial charge in [0.2, 0.25) is 0 Å². The van der Waals surface area contributed by atoms with Crippen LogP contribution in [0.25, 0.3) is 12.2 Å². The molecule has 0 saturated carbocycles. The molecular weight excluding hydrogens is 370 g/mol. The lowest BCUT2D eigenvalue weighted by Crippen LogP contribution is -2.43. The summed E-state index contributed by atoms with van der Waals surface area (Å²) in [7, 11) is 0. The van der Waals surface area contributed by atoms with Crippen molar-refractivity contribution < 1.29 is 18.9 Å². The predicted octanol–water partition coefficient (Wildman–Crippen LogP) is 0.593. The maximum absolute atomic E-state index is 6.04. The van der Waals surface area contributed by atoms with Gasteiger partial charge < -0.3 is 24.3 Å². The number of fused-ring (bicyclic) bond motifs is 2. The van der Waals surface area contributed by atoms with Crippen LogP contribution in [0, 0.1) is 12.3 Å². The molecule has 2 aliphatic rings. The Bertz CT molecular complexity index is 1000. The van der Waals surface area contributed by atoms with Crippen molar-refractivity contribution >= 4 is 23.7 Å². The number of hydrogen-bond donors (Lipinski definition) is 1. The molecule has 0 amide bonds. The van der Waals surface area contributed by atoms with Crippen LogP contribution in [0.5, 0.6) is 0 Å². The highest BCUT2D eigenvalue weighted by Gasteiger charge is 2.23. The van der Waals surface area contributed by atoms with Crippen molar-refractivity contribution in [2.75, 3.05) is 45.0 Å². The molecule has 2 atom stereocenters. The number of hydrogen-bond acceptors (Lipinski definition) is 7. The van der Waals surface area contributed by atoms with E-state index >= 15 is 0 Å². The molecule has 1 N–H and O–H groups in total. The first-order chi connectivity index (χ1) is 14.3. The van der Waals surface area contributed by atoms with E-state index in [4.69, 9.17) is 25.4 Å². The number of nitrogens with zero attached hydrogens (tertiary/aromatic N) is 2. The van der Waals surface area contributed by atoms with Crippen LogP contribution >= 0.6 is 0 Å². The minimum Gasteiger partial charge on any atom is -0.377 e. The highest BCUT2D eigenvalue weighted by atomic mass is 16.6. The van der Waals surface area contributed by atoms with Crippen LogP contribution in [0.4, 0.5) is 11.5 Å². The molecular formula is C22H23N3O4. The van der Waals surface area contributed by atoms with Gasteiger partial charge in [-0.25, -0.2) is 0 Å². The lowest BCUT2D eigenvalue weighted by Gasteiger charge is -2.26. The number of benzene rings is 1. The van der Waals surface area contributed by atoms with E-state index in [0.29, 0.717) is 45.5 Å². The van der Waals surface area contributed by atoms with Gasteiger partial charge in [-0.1, -0.05) is 12.0 Å². The van der Waals surface area contributed by atoms with Gasteiger partial charge in [0, 0.05) is 21.7 Å². The van der Waals surface area contributed by atoms with E-state index < -0.39 is 0 Å². The van der Waals surface area contributed by atoms with E-state index in [0.717, 1.165) is 21.7 Å². The third-order valence-corrected chi connectivity index (χ3v) is 4.66. The number of anilines is 2. The fraction of sp³-hybridized carbons (Fsp3) is 0.364. The van der Waals surface area contributed by atoms with Gasteiger partial charge in [-0.2, -0.15) is 5.10 Å². The highest BCUT2D eigenvalue weighted by molar-refractivity contribution is 5.62. The van der Waals surface area contributed by atoms with Gasteiger partial charge in [-0.15, -0.1) is 11.5 Å². The first kappa shape index (κ1) is 19.6. The van der Waals surface area contributed by atoms with Crippen molar-refractivity contribution in [2.24, 2.45) is 0 Å². The third-order valence-electron chi connectivity index (χ3n) is 4.66. The molecule has 0 radical (unpaired) electrons. The number of rotatable bonds is 2. The smallest absolute Gasteiger partial charge is 0.160 e. The maximum Gasteiger partial charge on any atom is 0.160 e. The minimum absolute atomic E-state index is 0.229. The average Bonchev–Trinajstić information content (AvgIpc) is 2.74. The molecule has 1 aliphatic heterocycles. The average molecular weight is 393 g/mol. The van der Waals surface area contributed by atoms with Gasteiger partial charge >= 0.3 is 0 Å². The lowest BCUT2D eigenvalue weighted by atomic mass is 10.0. The van der Waals surface area contributed by atoms with Crippen molar-refractivity contribution in [3.05, 3.63) is 46.5 Å². The molecule has 2 heterocycles. The van der Waals surface area contributed by atoms with E-state index in [1.54, 1.807) is 6.20 Å². The zero-order valence-corrected chi connectivity index (χ0v) is 16.0. The van der Waals surface area contributed by atoms with Crippen LogP contribution in [0.1, 0.15) is 5.56 Å². The summed E-state index contributed by atoms with van der Waals surface area (Å²) in [5, 5.41) is 13.6. The molecule has 7 heteroatoms. The molecule has 1 fully saturated rings. The molecule has 0 spiro atoms. The Morgan fingerprint density at radius 1 is 0.966 bits per heavy atom. The second kappa shape index (κ2) is 9.63. The standard InChI is InChI=1S/C22H23N3O4/c1-2-16-4-3-5-18(12-16)24-22-19-14-21-20(13-17(19)15-23-25-22)28-10-8-26-6-7-27-9-11-29-21/h1,3-5,12-15,20-21H,6-11H2,(H,24,25). The SMILES string of the molecule is C#Cc1cccc(Nc2nncc3c2=CC2OCCOCCOCCOC2C=3)c1. The maximum atomic E-state index is 6.04. The summed E-state index contributed by atoms with van der Waals surface area (Å²) in [6.07, 6.45) is 10.8. The largest absolute Gasteiger partial charge is 0.377 e. The number of aromatic nitrogens is 2. The van der Waals surface area contributed by atoms with Gasteiger partial charge in [-0.3, -0.25) is 0 Å². The normalized spacial score (nSPS) is 22.3. The number of nitrogens with one attached hydrogen (secondary N) is 1. The highest BCUT2D eigenvalue weighted by Crippen LogP contribution is 2.15. The van der Waals surface area contributed by atoms with Gasteiger partial charge in [-0.05, 0) is 30.4 Å². The predicted molar refractivity (Wildman–Crippen MR) is 109 cm³/mol. The summed E-state index contributed by atoms with van der Waals surface area (Å²) in [5.41, 5.74) is 1.64. The molecule has 1 aromatic carbocycles. The third kappa shape index (κ3) is 5.00. The Labute approximate surface area is 169 Å². The van der Waals surface area contributed by atoms with Crippen LogP contribution in [-0.2, 0) is 18.9 Å². The lowest BCUT2D eigenvalue weighted by molar-refractivity contribution is -0.0666. The molecule has 29 heavy (non-hydrogen) atoms. The quantitative estimate of drug-likeness (QED) is 0.749. The van der Waals surface area contributed by atoms with Crippen LogP contribution in [-0.4, -0.2) is 62.0 Å². The summed E-state index contributed by atoms with van der Waals surface area (Å²) >= 11 is 0. The number of ether oxygens (including phenoxy) is 4. The molecule has 1 saturated heterocycles. The molecule has 7 nitrogen and oxygen atoms in total. The summed E-state index contributed by atoms with van der Waals surface area (Å²) in [6, 6.07) is 7.61. The Balaban J connectivity index is 1.63. The molecule has 1 aliphatic carbocycles. The van der Waals surface area contributed by atoms with E-state index in [1.807, 2.05) is 36.4 Å². The molecule has 0 bridgehead atoms. The van der Waals surface area contributed by atoms with Crippen molar-refractivity contribution in [1.29, 1.82) is 0 Å². The molecule has 4 rings (SSSR count). The zero-order chi connectivity index (χ0) is 19.9.